The number of aromatic nitrogens is 2. The fourth-order valence-electron chi connectivity index (χ4n) is 1.79. The summed E-state index contributed by atoms with van der Waals surface area (Å²) in [4.78, 5) is 4.17. The lowest BCUT2D eigenvalue weighted by Crippen LogP contribution is -2.18. The van der Waals surface area contributed by atoms with E-state index in [1.165, 1.54) is 0 Å². The zero-order chi connectivity index (χ0) is 13.8. The second kappa shape index (κ2) is 5.79. The molecule has 102 valence electrons. The van der Waals surface area contributed by atoms with Gasteiger partial charge in [-0.15, -0.1) is 0 Å². The topological polar surface area (TPSA) is 50.1 Å². The second-order valence-corrected chi connectivity index (χ2v) is 4.29. The van der Waals surface area contributed by atoms with E-state index >= 15 is 0 Å². The van der Waals surface area contributed by atoms with Crippen molar-refractivity contribution in [2.45, 2.75) is 13.0 Å². The Labute approximate surface area is 109 Å². The number of halogens is 2. The molecule has 0 aliphatic rings. The lowest BCUT2D eigenvalue weighted by atomic mass is 10.2. The maximum Gasteiger partial charge on any atom is 0.187 e. The van der Waals surface area contributed by atoms with Crippen LogP contribution in [0.1, 0.15) is 11.4 Å². The van der Waals surface area contributed by atoms with Crippen molar-refractivity contribution in [1.82, 2.24) is 14.9 Å². The van der Waals surface area contributed by atoms with Crippen LogP contribution in [-0.2, 0) is 20.0 Å². The summed E-state index contributed by atoms with van der Waals surface area (Å²) in [7, 11) is 1.91. The number of phenolic OH excluding ortho intramolecular Hbond substituents is 1. The molecule has 0 aliphatic carbocycles. The number of imidazole rings is 1. The Morgan fingerprint density at radius 3 is 2.58 bits per heavy atom. The van der Waals surface area contributed by atoms with E-state index < -0.39 is 17.4 Å². The normalized spacial score (nSPS) is 10.9. The van der Waals surface area contributed by atoms with Gasteiger partial charge in [0.25, 0.3) is 0 Å². The van der Waals surface area contributed by atoms with Crippen LogP contribution < -0.4 is 5.32 Å². The van der Waals surface area contributed by atoms with Crippen molar-refractivity contribution in [2.24, 2.45) is 7.05 Å². The molecule has 0 saturated carbocycles. The van der Waals surface area contributed by atoms with Gasteiger partial charge in [0, 0.05) is 39.0 Å². The van der Waals surface area contributed by atoms with Crippen molar-refractivity contribution in [3.63, 3.8) is 0 Å². The van der Waals surface area contributed by atoms with Crippen LogP contribution in [0.3, 0.4) is 0 Å². The third kappa shape index (κ3) is 3.29. The summed E-state index contributed by atoms with van der Waals surface area (Å²) in [6, 6.07) is 2.23. The zero-order valence-corrected chi connectivity index (χ0v) is 10.5. The Hall–Kier alpha value is -1.95. The largest absolute Gasteiger partial charge is 0.503 e. The molecule has 4 nitrogen and oxygen atoms in total. The highest BCUT2D eigenvalue weighted by Gasteiger charge is 2.09. The van der Waals surface area contributed by atoms with E-state index in [9.17, 15) is 8.78 Å². The van der Waals surface area contributed by atoms with Crippen molar-refractivity contribution < 1.29 is 13.9 Å². The average molecular weight is 267 g/mol. The van der Waals surface area contributed by atoms with Crippen LogP contribution in [0.15, 0.2) is 24.5 Å². The van der Waals surface area contributed by atoms with E-state index in [4.69, 9.17) is 5.11 Å². The molecule has 0 aliphatic heterocycles. The number of phenols is 1. The smallest absolute Gasteiger partial charge is 0.187 e. The highest BCUT2D eigenvalue weighted by Crippen LogP contribution is 2.21. The predicted octanol–water partition coefficient (Wildman–Crippen LogP) is 1.74. The standard InChI is InChI=1S/C13H15F2N3O/c1-18-5-4-17-12(18)2-3-16-8-9-6-10(14)13(19)11(15)7-9/h4-7,16,19H,2-3,8H2,1H3. The van der Waals surface area contributed by atoms with Gasteiger partial charge in [-0.2, -0.15) is 0 Å². The Morgan fingerprint density at radius 2 is 2.00 bits per heavy atom. The monoisotopic (exact) mass is 267 g/mol. The van der Waals surface area contributed by atoms with Crippen LogP contribution >= 0.6 is 0 Å². The molecule has 0 fully saturated rings. The number of hydrogen-bond acceptors (Lipinski definition) is 3. The third-order valence-electron chi connectivity index (χ3n) is 2.85. The first kappa shape index (κ1) is 13.5. The van der Waals surface area contributed by atoms with Crippen molar-refractivity contribution in [3.8, 4) is 5.75 Å². The maximum absolute atomic E-state index is 13.1. The van der Waals surface area contributed by atoms with Gasteiger partial charge in [-0.05, 0) is 17.7 Å². The van der Waals surface area contributed by atoms with E-state index in [1.807, 2.05) is 17.8 Å². The molecule has 19 heavy (non-hydrogen) atoms. The van der Waals surface area contributed by atoms with Crippen molar-refractivity contribution >= 4 is 0 Å². The molecule has 2 rings (SSSR count). The Morgan fingerprint density at radius 1 is 1.32 bits per heavy atom. The number of nitrogens with zero attached hydrogens (tertiary/aromatic N) is 2. The summed E-state index contributed by atoms with van der Waals surface area (Å²) in [5.41, 5.74) is 0.452. The van der Waals surface area contributed by atoms with Gasteiger partial charge in [0.1, 0.15) is 5.82 Å². The molecule has 0 saturated heterocycles. The zero-order valence-electron chi connectivity index (χ0n) is 10.5. The first-order valence-corrected chi connectivity index (χ1v) is 5.91. The minimum Gasteiger partial charge on any atom is -0.503 e. The van der Waals surface area contributed by atoms with E-state index in [0.717, 1.165) is 24.4 Å². The highest BCUT2D eigenvalue weighted by molar-refractivity contribution is 5.29. The summed E-state index contributed by atoms with van der Waals surface area (Å²) < 4.78 is 28.1. The predicted molar refractivity (Wildman–Crippen MR) is 66.6 cm³/mol. The Bertz CT molecular complexity index is 546. The minimum atomic E-state index is -0.944. The second-order valence-electron chi connectivity index (χ2n) is 4.29. The molecule has 0 bridgehead atoms. The number of aryl methyl sites for hydroxylation is 1. The molecule has 0 amide bonds. The van der Waals surface area contributed by atoms with Crippen molar-refractivity contribution in [3.05, 3.63) is 47.5 Å². The molecule has 2 N–H and O–H groups in total. The number of rotatable bonds is 5. The Balaban J connectivity index is 1.85. The Kier molecular flexibility index (Phi) is 4.11. The van der Waals surface area contributed by atoms with Gasteiger partial charge in [-0.1, -0.05) is 0 Å². The molecular formula is C13H15F2N3O. The lowest BCUT2D eigenvalue weighted by Gasteiger charge is -2.06. The van der Waals surface area contributed by atoms with E-state index in [-0.39, 0.29) is 0 Å². The van der Waals surface area contributed by atoms with Gasteiger partial charge < -0.3 is 15.0 Å². The molecule has 0 atom stereocenters. The lowest BCUT2D eigenvalue weighted by molar-refractivity contribution is 0.395. The molecule has 1 aromatic carbocycles. The molecule has 0 spiro atoms. The van der Waals surface area contributed by atoms with Gasteiger partial charge in [0.05, 0.1) is 0 Å². The van der Waals surface area contributed by atoms with Crippen LogP contribution in [0.5, 0.6) is 5.75 Å². The first-order valence-electron chi connectivity index (χ1n) is 5.91. The van der Waals surface area contributed by atoms with Crippen molar-refractivity contribution in [2.75, 3.05) is 6.54 Å². The van der Waals surface area contributed by atoms with Crippen LogP contribution in [0.2, 0.25) is 0 Å². The van der Waals surface area contributed by atoms with Crippen LogP contribution in [-0.4, -0.2) is 21.2 Å². The molecule has 2 aromatic rings. The van der Waals surface area contributed by atoms with Crippen LogP contribution in [0.25, 0.3) is 0 Å². The fourth-order valence-corrected chi connectivity index (χ4v) is 1.79. The van der Waals surface area contributed by atoms with Gasteiger partial charge in [-0.3, -0.25) is 0 Å². The quantitative estimate of drug-likeness (QED) is 0.811. The molecule has 1 heterocycles. The fraction of sp³-hybridized carbons (Fsp3) is 0.308. The van der Waals surface area contributed by atoms with E-state index in [1.54, 1.807) is 6.20 Å². The maximum atomic E-state index is 13.1. The number of benzene rings is 1. The summed E-state index contributed by atoms with van der Waals surface area (Å²) in [5, 5.41) is 12.0. The van der Waals surface area contributed by atoms with Gasteiger partial charge >= 0.3 is 0 Å². The number of hydrogen-bond donors (Lipinski definition) is 2. The summed E-state index contributed by atoms with van der Waals surface area (Å²) in [5.74, 6) is -1.88. The van der Waals surface area contributed by atoms with Gasteiger partial charge in [0.2, 0.25) is 0 Å². The number of nitrogens with one attached hydrogen (secondary N) is 1. The average Bonchev–Trinajstić information content (AvgIpc) is 2.77. The highest BCUT2D eigenvalue weighted by atomic mass is 19.1. The molecule has 0 radical (unpaired) electrons. The van der Waals surface area contributed by atoms with Crippen molar-refractivity contribution in [1.29, 1.82) is 0 Å². The number of aromatic hydroxyl groups is 1. The summed E-state index contributed by atoms with van der Waals surface area (Å²) >= 11 is 0. The first-order chi connectivity index (χ1) is 9.08. The van der Waals surface area contributed by atoms with Crippen LogP contribution in [0.4, 0.5) is 8.78 Å². The van der Waals surface area contributed by atoms with E-state index in [2.05, 4.69) is 10.3 Å². The molecular weight excluding hydrogens is 252 g/mol. The molecule has 1 aromatic heterocycles. The third-order valence-corrected chi connectivity index (χ3v) is 2.85. The van der Waals surface area contributed by atoms with Crippen LogP contribution in [0, 0.1) is 11.6 Å². The summed E-state index contributed by atoms with van der Waals surface area (Å²) in [6.07, 6.45) is 4.31. The van der Waals surface area contributed by atoms with Gasteiger partial charge in [0.15, 0.2) is 17.4 Å². The van der Waals surface area contributed by atoms with E-state index in [0.29, 0.717) is 18.7 Å². The minimum absolute atomic E-state index is 0.332. The molecule has 0 unspecified atom stereocenters. The summed E-state index contributed by atoms with van der Waals surface area (Å²) in [6.45, 7) is 0.980. The molecule has 6 heteroatoms. The SMILES string of the molecule is Cn1ccnc1CCNCc1cc(F)c(O)c(F)c1. The van der Waals surface area contributed by atoms with Gasteiger partial charge in [-0.25, -0.2) is 13.8 Å².